The fraction of sp³-hybridized carbons (Fsp3) is 0.632. The molecule has 0 saturated heterocycles. The predicted molar refractivity (Wildman–Crippen MR) is 87.8 cm³/mol. The van der Waals surface area contributed by atoms with Crippen molar-refractivity contribution in [2.45, 2.75) is 63.5 Å². The van der Waals surface area contributed by atoms with Gasteiger partial charge in [-0.05, 0) is 74.0 Å². The summed E-state index contributed by atoms with van der Waals surface area (Å²) in [6.07, 6.45) is 9.27. The molecule has 0 aromatic heterocycles. The zero-order chi connectivity index (χ0) is 15.1. The Hall–Kier alpha value is -1.35. The van der Waals surface area contributed by atoms with E-state index in [1.165, 1.54) is 36.8 Å². The quantitative estimate of drug-likeness (QED) is 0.882. The van der Waals surface area contributed by atoms with E-state index < -0.39 is 0 Å². The molecule has 0 radical (unpaired) electrons. The van der Waals surface area contributed by atoms with Gasteiger partial charge in [0.1, 0.15) is 0 Å². The SMILES string of the molecule is NC1CC2CCCC(C1)C2NC(=O)c1cccc2c1CCC2. The Morgan fingerprint density at radius 1 is 1.09 bits per heavy atom. The fourth-order valence-electron chi connectivity index (χ4n) is 5.09. The molecule has 2 fully saturated rings. The zero-order valence-corrected chi connectivity index (χ0v) is 13.2. The van der Waals surface area contributed by atoms with Gasteiger partial charge < -0.3 is 11.1 Å². The number of amides is 1. The first-order valence-electron chi connectivity index (χ1n) is 8.89. The topological polar surface area (TPSA) is 55.1 Å². The minimum absolute atomic E-state index is 0.149. The molecule has 3 nitrogen and oxygen atoms in total. The third-order valence-corrected chi connectivity index (χ3v) is 6.06. The van der Waals surface area contributed by atoms with Crippen LogP contribution >= 0.6 is 0 Å². The summed E-state index contributed by atoms with van der Waals surface area (Å²) in [6, 6.07) is 6.90. The first kappa shape index (κ1) is 14.3. The summed E-state index contributed by atoms with van der Waals surface area (Å²) in [5, 5.41) is 3.39. The fourth-order valence-corrected chi connectivity index (χ4v) is 5.09. The summed E-state index contributed by atoms with van der Waals surface area (Å²) in [7, 11) is 0. The second-order valence-electron chi connectivity index (χ2n) is 7.48. The Labute approximate surface area is 132 Å². The van der Waals surface area contributed by atoms with E-state index in [-0.39, 0.29) is 5.91 Å². The van der Waals surface area contributed by atoms with Crippen LogP contribution in [-0.2, 0) is 12.8 Å². The Kier molecular flexibility index (Phi) is 3.69. The molecule has 0 spiro atoms. The van der Waals surface area contributed by atoms with E-state index in [4.69, 9.17) is 5.73 Å². The maximum absolute atomic E-state index is 12.8. The molecule has 3 N–H and O–H groups in total. The number of hydrogen-bond acceptors (Lipinski definition) is 2. The summed E-state index contributed by atoms with van der Waals surface area (Å²) in [4.78, 5) is 12.8. The number of benzene rings is 1. The molecule has 1 amide bonds. The molecule has 1 aromatic rings. The van der Waals surface area contributed by atoms with Crippen LogP contribution in [0, 0.1) is 11.8 Å². The number of nitrogens with one attached hydrogen (secondary N) is 1. The Morgan fingerprint density at radius 3 is 2.64 bits per heavy atom. The van der Waals surface area contributed by atoms with Gasteiger partial charge in [0.15, 0.2) is 0 Å². The van der Waals surface area contributed by atoms with Crippen LogP contribution in [0.2, 0.25) is 0 Å². The Morgan fingerprint density at radius 2 is 1.86 bits per heavy atom. The highest BCUT2D eigenvalue weighted by Gasteiger charge is 2.40. The van der Waals surface area contributed by atoms with Crippen LogP contribution in [0.5, 0.6) is 0 Å². The number of rotatable bonds is 2. The molecule has 2 saturated carbocycles. The molecular formula is C19H26N2O. The van der Waals surface area contributed by atoms with Crippen LogP contribution in [-0.4, -0.2) is 18.0 Å². The van der Waals surface area contributed by atoms with Gasteiger partial charge in [-0.3, -0.25) is 4.79 Å². The van der Waals surface area contributed by atoms with E-state index in [1.807, 2.05) is 12.1 Å². The van der Waals surface area contributed by atoms with Gasteiger partial charge in [0.25, 0.3) is 5.91 Å². The van der Waals surface area contributed by atoms with Gasteiger partial charge in [-0.2, -0.15) is 0 Å². The van der Waals surface area contributed by atoms with Crippen molar-refractivity contribution < 1.29 is 4.79 Å². The largest absolute Gasteiger partial charge is 0.349 e. The molecule has 4 rings (SSSR count). The van der Waals surface area contributed by atoms with Crippen LogP contribution in [0.15, 0.2) is 18.2 Å². The summed E-state index contributed by atoms with van der Waals surface area (Å²) < 4.78 is 0. The number of carbonyl (C=O) groups excluding carboxylic acids is 1. The number of nitrogens with two attached hydrogens (primary N) is 1. The molecule has 1 aromatic carbocycles. The smallest absolute Gasteiger partial charge is 0.251 e. The molecule has 118 valence electrons. The van der Waals surface area contributed by atoms with Crippen molar-refractivity contribution >= 4 is 5.91 Å². The van der Waals surface area contributed by atoms with Crippen LogP contribution in [0.3, 0.4) is 0 Å². The molecule has 3 aliphatic rings. The molecule has 3 heteroatoms. The van der Waals surface area contributed by atoms with Crippen LogP contribution in [0.25, 0.3) is 0 Å². The molecule has 2 atom stereocenters. The minimum Gasteiger partial charge on any atom is -0.349 e. The lowest BCUT2D eigenvalue weighted by Gasteiger charge is -2.45. The summed E-state index contributed by atoms with van der Waals surface area (Å²) in [5.41, 5.74) is 9.77. The normalized spacial score (nSPS) is 33.3. The van der Waals surface area contributed by atoms with Crippen molar-refractivity contribution in [1.29, 1.82) is 0 Å². The Balaban J connectivity index is 1.54. The molecule has 3 aliphatic carbocycles. The van der Waals surface area contributed by atoms with Crippen molar-refractivity contribution in [2.75, 3.05) is 0 Å². The van der Waals surface area contributed by atoms with E-state index in [0.717, 1.165) is 31.2 Å². The van der Waals surface area contributed by atoms with E-state index in [2.05, 4.69) is 11.4 Å². The highest BCUT2D eigenvalue weighted by Crippen LogP contribution is 2.40. The number of carbonyl (C=O) groups is 1. The summed E-state index contributed by atoms with van der Waals surface area (Å²) in [6.45, 7) is 0. The van der Waals surface area contributed by atoms with Gasteiger partial charge in [0.05, 0.1) is 0 Å². The van der Waals surface area contributed by atoms with Gasteiger partial charge in [-0.15, -0.1) is 0 Å². The maximum Gasteiger partial charge on any atom is 0.251 e. The standard InChI is InChI=1S/C19H26N2O/c20-15-10-13-6-1-7-14(11-15)18(13)21-19(22)17-9-3-5-12-4-2-8-16(12)17/h3,5,9,13-15,18H,1-2,4,6-8,10-11,20H2,(H,21,22). The van der Waals surface area contributed by atoms with Crippen molar-refractivity contribution in [3.05, 3.63) is 34.9 Å². The zero-order valence-electron chi connectivity index (χ0n) is 13.2. The third-order valence-electron chi connectivity index (χ3n) is 6.06. The molecule has 0 aliphatic heterocycles. The van der Waals surface area contributed by atoms with Gasteiger partial charge in [0, 0.05) is 17.6 Å². The molecule has 0 heterocycles. The second-order valence-corrected chi connectivity index (χ2v) is 7.48. The van der Waals surface area contributed by atoms with Crippen molar-refractivity contribution in [2.24, 2.45) is 17.6 Å². The monoisotopic (exact) mass is 298 g/mol. The molecule has 2 unspecified atom stereocenters. The average molecular weight is 298 g/mol. The lowest BCUT2D eigenvalue weighted by atomic mass is 9.67. The van der Waals surface area contributed by atoms with Crippen LogP contribution < -0.4 is 11.1 Å². The lowest BCUT2D eigenvalue weighted by Crippen LogP contribution is -2.53. The number of aryl methyl sites for hydroxylation is 1. The number of fused-ring (bicyclic) bond motifs is 3. The molecule has 22 heavy (non-hydrogen) atoms. The summed E-state index contributed by atoms with van der Waals surface area (Å²) >= 11 is 0. The van der Waals surface area contributed by atoms with Crippen molar-refractivity contribution in [3.63, 3.8) is 0 Å². The maximum atomic E-state index is 12.8. The first-order chi connectivity index (χ1) is 10.7. The molecule has 2 bridgehead atoms. The van der Waals surface area contributed by atoms with Gasteiger partial charge >= 0.3 is 0 Å². The van der Waals surface area contributed by atoms with Gasteiger partial charge in [0.2, 0.25) is 0 Å². The first-order valence-corrected chi connectivity index (χ1v) is 8.89. The molecular weight excluding hydrogens is 272 g/mol. The highest BCUT2D eigenvalue weighted by molar-refractivity contribution is 5.96. The predicted octanol–water partition coefficient (Wildman–Crippen LogP) is 2.81. The van der Waals surface area contributed by atoms with Crippen molar-refractivity contribution in [3.8, 4) is 0 Å². The lowest BCUT2D eigenvalue weighted by molar-refractivity contribution is 0.0755. The average Bonchev–Trinajstić information content (AvgIpc) is 2.96. The summed E-state index contributed by atoms with van der Waals surface area (Å²) in [5.74, 6) is 1.32. The van der Waals surface area contributed by atoms with E-state index in [9.17, 15) is 4.79 Å². The van der Waals surface area contributed by atoms with Gasteiger partial charge in [-0.1, -0.05) is 18.6 Å². The Bertz CT molecular complexity index is 569. The third kappa shape index (κ3) is 2.45. The van der Waals surface area contributed by atoms with Gasteiger partial charge in [-0.25, -0.2) is 0 Å². The van der Waals surface area contributed by atoms with Crippen molar-refractivity contribution in [1.82, 2.24) is 5.32 Å². The van der Waals surface area contributed by atoms with E-state index in [1.54, 1.807) is 0 Å². The van der Waals surface area contributed by atoms with Crippen LogP contribution in [0.1, 0.15) is 60.0 Å². The van der Waals surface area contributed by atoms with Crippen LogP contribution in [0.4, 0.5) is 0 Å². The van der Waals surface area contributed by atoms with E-state index in [0.29, 0.717) is 23.9 Å². The minimum atomic E-state index is 0.149. The number of hydrogen-bond donors (Lipinski definition) is 2. The second kappa shape index (κ2) is 5.69. The van der Waals surface area contributed by atoms with E-state index >= 15 is 0 Å². The highest BCUT2D eigenvalue weighted by atomic mass is 16.1.